The first kappa shape index (κ1) is 20.2. The zero-order valence-electron chi connectivity index (χ0n) is 17.5. The minimum atomic E-state index is -0.0300. The van der Waals surface area contributed by atoms with Crippen LogP contribution in [0.2, 0.25) is 0 Å². The van der Waals surface area contributed by atoms with Crippen molar-refractivity contribution in [1.29, 1.82) is 0 Å². The second kappa shape index (κ2) is 9.19. The van der Waals surface area contributed by atoms with E-state index < -0.39 is 0 Å². The molecule has 9 heteroatoms. The molecule has 0 atom stereocenters. The highest BCUT2D eigenvalue weighted by molar-refractivity contribution is 5.93. The van der Waals surface area contributed by atoms with Crippen molar-refractivity contribution in [3.63, 3.8) is 0 Å². The van der Waals surface area contributed by atoms with Crippen molar-refractivity contribution >= 4 is 5.91 Å². The molecule has 0 bridgehead atoms. The average Bonchev–Trinajstić information content (AvgIpc) is 3.41. The summed E-state index contributed by atoms with van der Waals surface area (Å²) in [5.41, 5.74) is 2.53. The summed E-state index contributed by atoms with van der Waals surface area (Å²) >= 11 is 0. The van der Waals surface area contributed by atoms with Crippen molar-refractivity contribution < 1.29 is 14.2 Å². The summed E-state index contributed by atoms with van der Waals surface area (Å²) in [5, 5.41) is 7.48. The second-order valence-electron chi connectivity index (χ2n) is 7.49. The first-order valence-corrected chi connectivity index (χ1v) is 10.2. The van der Waals surface area contributed by atoms with Crippen LogP contribution in [0.5, 0.6) is 0 Å². The van der Waals surface area contributed by atoms with Gasteiger partial charge in [-0.15, -0.1) is 4.68 Å². The number of aromatic amines is 1. The van der Waals surface area contributed by atoms with Crippen LogP contribution in [0.3, 0.4) is 0 Å². The molecular weight excluding hydrogens is 382 g/mol. The van der Waals surface area contributed by atoms with E-state index in [-0.39, 0.29) is 5.91 Å². The maximum absolute atomic E-state index is 13.3. The smallest absolute Gasteiger partial charge is 0.346 e. The quantitative estimate of drug-likeness (QED) is 0.580. The summed E-state index contributed by atoms with van der Waals surface area (Å²) in [5.74, 6) is 0.705. The Morgan fingerprint density at radius 3 is 2.80 bits per heavy atom. The molecule has 0 radical (unpaired) electrons. The highest BCUT2D eigenvalue weighted by Gasteiger charge is 2.22. The summed E-state index contributed by atoms with van der Waals surface area (Å²) in [6, 6.07) is 7.59. The molecule has 3 aromatic heterocycles. The van der Waals surface area contributed by atoms with Gasteiger partial charge in [0.25, 0.3) is 5.91 Å². The maximum atomic E-state index is 13.3. The molecule has 30 heavy (non-hydrogen) atoms. The van der Waals surface area contributed by atoms with Gasteiger partial charge < -0.3 is 9.64 Å². The Labute approximate surface area is 175 Å². The maximum Gasteiger partial charge on any atom is 0.346 e. The molecule has 0 unspecified atom stereocenters. The number of hydrogen-bond donors (Lipinski definition) is 1. The largest absolute Gasteiger partial charge is 0.379 e. The number of aryl methyl sites for hydroxylation is 2. The topological polar surface area (TPSA) is 83.2 Å². The molecular formula is C21H28N7O2+. The van der Waals surface area contributed by atoms with Gasteiger partial charge in [0.1, 0.15) is 6.20 Å². The molecule has 4 heterocycles. The Hall–Kier alpha value is -3.04. The zero-order chi connectivity index (χ0) is 20.9. The van der Waals surface area contributed by atoms with Crippen LogP contribution in [0.1, 0.15) is 21.7 Å². The fourth-order valence-electron chi connectivity index (χ4n) is 3.62. The monoisotopic (exact) mass is 410 g/mol. The number of aromatic nitrogens is 5. The Morgan fingerprint density at radius 2 is 2.17 bits per heavy atom. The van der Waals surface area contributed by atoms with Gasteiger partial charge in [0.15, 0.2) is 6.20 Å². The van der Waals surface area contributed by atoms with Gasteiger partial charge in [-0.25, -0.2) is 5.10 Å². The lowest BCUT2D eigenvalue weighted by molar-refractivity contribution is -0.658. The Bertz CT molecular complexity index is 960. The van der Waals surface area contributed by atoms with Crippen molar-refractivity contribution in [3.8, 4) is 5.82 Å². The number of carbonyl (C=O) groups excluding carboxylic acids is 1. The lowest BCUT2D eigenvalue weighted by Gasteiger charge is -2.30. The van der Waals surface area contributed by atoms with Gasteiger partial charge in [0, 0.05) is 45.5 Å². The highest BCUT2D eigenvalue weighted by Crippen LogP contribution is 2.12. The van der Waals surface area contributed by atoms with Crippen LogP contribution in [0, 0.1) is 6.92 Å². The molecule has 1 fully saturated rings. The number of H-pyrrole nitrogens is 1. The fourth-order valence-corrected chi connectivity index (χ4v) is 3.62. The molecule has 0 spiro atoms. The summed E-state index contributed by atoms with van der Waals surface area (Å²) in [6.45, 7) is 7.21. The predicted octanol–water partition coefficient (Wildman–Crippen LogP) is 0.703. The number of hydrogen-bond acceptors (Lipinski definition) is 5. The van der Waals surface area contributed by atoms with Crippen molar-refractivity contribution in [2.75, 3.05) is 39.4 Å². The van der Waals surface area contributed by atoms with E-state index in [1.54, 1.807) is 10.9 Å². The number of morpholine rings is 1. The molecule has 0 saturated carbocycles. The van der Waals surface area contributed by atoms with Gasteiger partial charge in [-0.05, 0) is 30.1 Å². The van der Waals surface area contributed by atoms with Crippen LogP contribution >= 0.6 is 0 Å². The lowest BCUT2D eigenvalue weighted by atomic mass is 10.2. The number of carbonyl (C=O) groups is 1. The Morgan fingerprint density at radius 1 is 1.33 bits per heavy atom. The molecule has 0 aromatic carbocycles. The molecule has 1 N–H and O–H groups in total. The van der Waals surface area contributed by atoms with E-state index in [0.717, 1.165) is 50.1 Å². The first-order chi connectivity index (χ1) is 14.6. The standard InChI is InChI=1S/C21H27N7O2/c1-17-14-19(25(2)24-17)16-27(9-8-26-10-12-30-13-11-26)21(29)18-4-5-20(22-15-18)28-7-3-6-23-28/h3-7,14-15H,8-13,16H2,1-2H3/p+1. The molecule has 4 rings (SSSR count). The molecule has 3 aromatic rings. The van der Waals surface area contributed by atoms with E-state index in [1.165, 1.54) is 0 Å². The normalized spacial score (nSPS) is 14.7. The molecule has 9 nitrogen and oxygen atoms in total. The van der Waals surface area contributed by atoms with E-state index in [9.17, 15) is 4.79 Å². The molecule has 1 aliphatic rings. The Balaban J connectivity index is 1.50. The lowest BCUT2D eigenvalue weighted by Crippen LogP contribution is -2.43. The number of rotatable bonds is 7. The fraction of sp³-hybridized carbons (Fsp3) is 0.429. The van der Waals surface area contributed by atoms with Gasteiger partial charge in [-0.2, -0.15) is 5.10 Å². The highest BCUT2D eigenvalue weighted by atomic mass is 16.5. The van der Waals surface area contributed by atoms with Crippen molar-refractivity contribution in [2.24, 2.45) is 7.05 Å². The van der Waals surface area contributed by atoms with Crippen LogP contribution in [0.25, 0.3) is 5.82 Å². The number of pyridine rings is 1. The SMILES string of the molecule is Cc1cc(CN(CCN2CCOCC2)C(=O)c2ccc(-[n+]3ccc[nH]3)nc2)n(C)n1. The number of nitrogens with zero attached hydrogens (tertiary/aromatic N) is 6. The third kappa shape index (κ3) is 4.74. The summed E-state index contributed by atoms with van der Waals surface area (Å²) in [4.78, 5) is 22.0. The second-order valence-corrected chi connectivity index (χ2v) is 7.49. The average molecular weight is 411 g/mol. The zero-order valence-corrected chi connectivity index (χ0v) is 17.5. The van der Waals surface area contributed by atoms with Crippen molar-refractivity contribution in [2.45, 2.75) is 13.5 Å². The summed E-state index contributed by atoms with van der Waals surface area (Å²) < 4.78 is 9.07. The minimum Gasteiger partial charge on any atom is -0.379 e. The molecule has 1 aliphatic heterocycles. The third-order valence-electron chi connectivity index (χ3n) is 5.32. The van der Waals surface area contributed by atoms with Crippen LogP contribution in [-0.4, -0.2) is 75.0 Å². The van der Waals surface area contributed by atoms with Gasteiger partial charge in [-0.1, -0.05) is 0 Å². The van der Waals surface area contributed by atoms with Gasteiger partial charge in [-0.3, -0.25) is 14.4 Å². The molecule has 158 valence electrons. The van der Waals surface area contributed by atoms with Crippen LogP contribution < -0.4 is 4.68 Å². The van der Waals surface area contributed by atoms with Crippen molar-refractivity contribution in [3.05, 3.63) is 59.8 Å². The molecule has 0 aliphatic carbocycles. The first-order valence-electron chi connectivity index (χ1n) is 10.2. The molecule has 1 saturated heterocycles. The van der Waals surface area contributed by atoms with Crippen LogP contribution in [-0.2, 0) is 18.3 Å². The van der Waals surface area contributed by atoms with Gasteiger partial charge >= 0.3 is 5.82 Å². The van der Waals surface area contributed by atoms with E-state index in [1.807, 2.05) is 60.2 Å². The van der Waals surface area contributed by atoms with E-state index in [0.29, 0.717) is 18.7 Å². The number of amides is 1. The number of nitrogens with one attached hydrogen (secondary N) is 1. The predicted molar refractivity (Wildman–Crippen MR) is 110 cm³/mol. The summed E-state index contributed by atoms with van der Waals surface area (Å²) in [6.07, 6.45) is 5.34. The minimum absolute atomic E-state index is 0.0300. The van der Waals surface area contributed by atoms with Gasteiger partial charge in [0.05, 0.1) is 36.7 Å². The van der Waals surface area contributed by atoms with Crippen LogP contribution in [0.4, 0.5) is 0 Å². The Kier molecular flexibility index (Phi) is 6.20. The van der Waals surface area contributed by atoms with E-state index in [4.69, 9.17) is 4.74 Å². The third-order valence-corrected chi connectivity index (χ3v) is 5.32. The number of ether oxygens (including phenoxy) is 1. The summed E-state index contributed by atoms with van der Waals surface area (Å²) in [7, 11) is 1.91. The van der Waals surface area contributed by atoms with Gasteiger partial charge in [0.2, 0.25) is 0 Å². The van der Waals surface area contributed by atoms with Crippen molar-refractivity contribution in [1.82, 2.24) is 29.7 Å². The molecule has 1 amide bonds. The van der Waals surface area contributed by atoms with E-state index in [2.05, 4.69) is 20.1 Å². The van der Waals surface area contributed by atoms with Crippen LogP contribution in [0.15, 0.2) is 42.9 Å². The van der Waals surface area contributed by atoms with E-state index >= 15 is 0 Å².